The summed E-state index contributed by atoms with van der Waals surface area (Å²) in [5.41, 5.74) is 0.546. The Bertz CT molecular complexity index is 732. The Hall–Kier alpha value is -2.70. The lowest BCUT2D eigenvalue weighted by Gasteiger charge is -2.23. The molecule has 2 aliphatic rings. The Labute approximate surface area is 158 Å². The fourth-order valence-corrected chi connectivity index (χ4v) is 3.54. The second-order valence-electron chi connectivity index (χ2n) is 7.39. The number of imide groups is 1. The van der Waals surface area contributed by atoms with E-state index in [1.165, 1.54) is 0 Å². The molecule has 1 atom stereocenters. The van der Waals surface area contributed by atoms with E-state index in [1.807, 2.05) is 0 Å². The van der Waals surface area contributed by atoms with Crippen LogP contribution in [0.4, 0.5) is 0 Å². The second kappa shape index (κ2) is 7.90. The monoisotopic (exact) mass is 372 g/mol. The molecular formula is C20H24N2O5. The Morgan fingerprint density at radius 1 is 1.11 bits per heavy atom. The van der Waals surface area contributed by atoms with E-state index in [0.29, 0.717) is 0 Å². The highest BCUT2D eigenvalue weighted by Crippen LogP contribution is 2.23. The number of benzene rings is 1. The van der Waals surface area contributed by atoms with Crippen LogP contribution in [0.2, 0.25) is 0 Å². The van der Waals surface area contributed by atoms with E-state index in [2.05, 4.69) is 5.32 Å². The Kier molecular flexibility index (Phi) is 5.58. The van der Waals surface area contributed by atoms with Crippen molar-refractivity contribution in [2.75, 3.05) is 6.54 Å². The first-order chi connectivity index (χ1) is 12.9. The zero-order valence-electron chi connectivity index (χ0n) is 15.6. The first-order valence-electron chi connectivity index (χ1n) is 9.33. The third-order valence-electron chi connectivity index (χ3n) is 4.99. The van der Waals surface area contributed by atoms with Crippen molar-refractivity contribution in [2.24, 2.45) is 5.92 Å². The van der Waals surface area contributed by atoms with Gasteiger partial charge in [-0.25, -0.2) is 0 Å². The van der Waals surface area contributed by atoms with E-state index < -0.39 is 30.4 Å². The lowest BCUT2D eigenvalue weighted by molar-refractivity contribution is -0.159. The summed E-state index contributed by atoms with van der Waals surface area (Å²) in [4.78, 5) is 50.4. The highest BCUT2D eigenvalue weighted by atomic mass is 16.5. The van der Waals surface area contributed by atoms with Crippen LogP contribution in [0, 0.1) is 5.92 Å². The quantitative estimate of drug-likeness (QED) is 0.608. The topological polar surface area (TPSA) is 92.8 Å². The number of nitrogens with zero attached hydrogens (tertiary/aromatic N) is 1. The molecule has 0 saturated heterocycles. The highest BCUT2D eigenvalue weighted by Gasteiger charge is 2.38. The smallest absolute Gasteiger partial charge is 0.327 e. The predicted molar refractivity (Wildman–Crippen MR) is 96.9 cm³/mol. The molecule has 1 aliphatic carbocycles. The molecule has 3 rings (SSSR count). The average Bonchev–Trinajstić information content (AvgIpc) is 3.22. The maximum absolute atomic E-state index is 12.5. The number of carbonyl (C=O) groups is 4. The SMILES string of the molecule is CC(C)[C@H](OC(=O)CN1C(=O)c2ccccc2C1=O)C(=O)NC1CCCC1. The molecule has 1 aromatic rings. The normalized spacial score (nSPS) is 18.0. The summed E-state index contributed by atoms with van der Waals surface area (Å²) in [6.07, 6.45) is 3.07. The standard InChI is InChI=1S/C20H24N2O5/c1-12(2)17(18(24)21-13-7-3-4-8-13)27-16(23)11-22-19(25)14-9-5-6-10-15(14)20(22)26/h5-6,9-10,12-13,17H,3-4,7-8,11H2,1-2H3,(H,21,24)/t17-/m0/s1. The molecule has 1 N–H and O–H groups in total. The van der Waals surface area contributed by atoms with Gasteiger partial charge in [-0.15, -0.1) is 0 Å². The van der Waals surface area contributed by atoms with Gasteiger partial charge in [-0.3, -0.25) is 24.1 Å². The third-order valence-corrected chi connectivity index (χ3v) is 4.99. The van der Waals surface area contributed by atoms with Crippen LogP contribution in [0.1, 0.15) is 60.2 Å². The molecule has 7 nitrogen and oxygen atoms in total. The van der Waals surface area contributed by atoms with Crippen LogP contribution in [0.5, 0.6) is 0 Å². The van der Waals surface area contributed by atoms with Crippen LogP contribution < -0.4 is 5.32 Å². The van der Waals surface area contributed by atoms with Crippen molar-refractivity contribution < 1.29 is 23.9 Å². The van der Waals surface area contributed by atoms with Crippen LogP contribution in [-0.4, -0.2) is 47.3 Å². The molecule has 7 heteroatoms. The largest absolute Gasteiger partial charge is 0.451 e. The number of esters is 1. The maximum Gasteiger partial charge on any atom is 0.327 e. The Balaban J connectivity index is 1.62. The first-order valence-corrected chi connectivity index (χ1v) is 9.33. The fourth-order valence-electron chi connectivity index (χ4n) is 3.54. The average molecular weight is 372 g/mol. The molecule has 1 heterocycles. The molecule has 27 heavy (non-hydrogen) atoms. The van der Waals surface area contributed by atoms with E-state index >= 15 is 0 Å². The summed E-state index contributed by atoms with van der Waals surface area (Å²) in [6, 6.07) is 6.54. The van der Waals surface area contributed by atoms with Crippen molar-refractivity contribution in [3.8, 4) is 0 Å². The Morgan fingerprint density at radius 2 is 1.67 bits per heavy atom. The molecule has 0 unspecified atom stereocenters. The second-order valence-corrected chi connectivity index (χ2v) is 7.39. The van der Waals surface area contributed by atoms with Crippen LogP contribution >= 0.6 is 0 Å². The van der Waals surface area contributed by atoms with Gasteiger partial charge in [0.15, 0.2) is 6.10 Å². The van der Waals surface area contributed by atoms with Gasteiger partial charge in [-0.05, 0) is 30.9 Å². The third kappa shape index (κ3) is 4.02. The summed E-state index contributed by atoms with van der Waals surface area (Å²) in [6.45, 7) is 3.06. The van der Waals surface area contributed by atoms with Crippen molar-refractivity contribution in [1.29, 1.82) is 0 Å². The van der Waals surface area contributed by atoms with Crippen molar-refractivity contribution in [1.82, 2.24) is 10.2 Å². The van der Waals surface area contributed by atoms with Gasteiger partial charge in [-0.2, -0.15) is 0 Å². The molecule has 3 amide bonds. The molecular weight excluding hydrogens is 348 g/mol. The van der Waals surface area contributed by atoms with Crippen LogP contribution in [-0.2, 0) is 14.3 Å². The molecule has 144 valence electrons. The number of hydrogen-bond donors (Lipinski definition) is 1. The summed E-state index contributed by atoms with van der Waals surface area (Å²) >= 11 is 0. The van der Waals surface area contributed by atoms with E-state index in [1.54, 1.807) is 38.1 Å². The number of ether oxygens (including phenoxy) is 1. The Morgan fingerprint density at radius 3 is 2.19 bits per heavy atom. The van der Waals surface area contributed by atoms with E-state index in [0.717, 1.165) is 30.6 Å². The fraction of sp³-hybridized carbons (Fsp3) is 0.500. The van der Waals surface area contributed by atoms with Gasteiger partial charge in [0.05, 0.1) is 11.1 Å². The molecule has 1 fully saturated rings. The molecule has 1 aromatic carbocycles. The number of carbonyl (C=O) groups excluding carboxylic acids is 4. The summed E-state index contributed by atoms with van der Waals surface area (Å²) < 4.78 is 5.34. The van der Waals surface area contributed by atoms with Crippen LogP contribution in [0.15, 0.2) is 24.3 Å². The zero-order chi connectivity index (χ0) is 19.6. The van der Waals surface area contributed by atoms with Gasteiger partial charge in [0.1, 0.15) is 6.54 Å². The molecule has 0 bridgehead atoms. The first kappa shape index (κ1) is 19.1. The lowest BCUT2D eigenvalue weighted by Crippen LogP contribution is -2.46. The van der Waals surface area contributed by atoms with E-state index in [-0.39, 0.29) is 29.0 Å². The minimum absolute atomic E-state index is 0.119. The van der Waals surface area contributed by atoms with Gasteiger partial charge in [-0.1, -0.05) is 38.8 Å². The maximum atomic E-state index is 12.5. The zero-order valence-corrected chi connectivity index (χ0v) is 15.6. The number of fused-ring (bicyclic) bond motifs is 1. The van der Waals surface area contributed by atoms with E-state index in [9.17, 15) is 19.2 Å². The minimum atomic E-state index is -0.951. The number of nitrogens with one attached hydrogen (secondary N) is 1. The lowest BCUT2D eigenvalue weighted by atomic mass is 10.1. The van der Waals surface area contributed by atoms with Gasteiger partial charge in [0, 0.05) is 6.04 Å². The van der Waals surface area contributed by atoms with Crippen molar-refractivity contribution in [2.45, 2.75) is 51.7 Å². The van der Waals surface area contributed by atoms with Crippen molar-refractivity contribution in [3.63, 3.8) is 0 Å². The summed E-state index contributed by atoms with van der Waals surface area (Å²) in [7, 11) is 0. The van der Waals surface area contributed by atoms with Crippen LogP contribution in [0.25, 0.3) is 0 Å². The van der Waals surface area contributed by atoms with E-state index in [4.69, 9.17) is 4.74 Å². The summed E-state index contributed by atoms with van der Waals surface area (Å²) in [5.74, 6) is -2.37. The van der Waals surface area contributed by atoms with Gasteiger partial charge >= 0.3 is 5.97 Å². The van der Waals surface area contributed by atoms with Crippen LogP contribution in [0.3, 0.4) is 0 Å². The van der Waals surface area contributed by atoms with Crippen molar-refractivity contribution in [3.05, 3.63) is 35.4 Å². The number of rotatable bonds is 6. The molecule has 1 aliphatic heterocycles. The minimum Gasteiger partial charge on any atom is -0.451 e. The molecule has 0 radical (unpaired) electrons. The predicted octanol–water partition coefficient (Wildman–Crippen LogP) is 1.91. The molecule has 1 saturated carbocycles. The van der Waals surface area contributed by atoms with Gasteiger partial charge < -0.3 is 10.1 Å². The number of hydrogen-bond acceptors (Lipinski definition) is 5. The molecule has 0 aromatic heterocycles. The molecule has 0 spiro atoms. The van der Waals surface area contributed by atoms with Gasteiger partial charge in [0.2, 0.25) is 0 Å². The van der Waals surface area contributed by atoms with Crippen molar-refractivity contribution >= 4 is 23.7 Å². The summed E-state index contributed by atoms with van der Waals surface area (Å²) in [5, 5.41) is 2.93. The van der Waals surface area contributed by atoms with Gasteiger partial charge in [0.25, 0.3) is 17.7 Å². The highest BCUT2D eigenvalue weighted by molar-refractivity contribution is 6.22. The number of amides is 3.